The van der Waals surface area contributed by atoms with Crippen LogP contribution in [0.1, 0.15) is 44.2 Å². The number of nitrogens with one attached hydrogen (secondary N) is 1. The van der Waals surface area contributed by atoms with Gasteiger partial charge in [0.1, 0.15) is 5.82 Å². The number of nitrogens with zero attached hydrogens (tertiary/aromatic N) is 1. The Morgan fingerprint density at radius 1 is 1.14 bits per heavy atom. The van der Waals surface area contributed by atoms with E-state index >= 15 is 0 Å². The maximum Gasteiger partial charge on any atom is 0.243 e. The third-order valence-corrected chi connectivity index (χ3v) is 7.40. The summed E-state index contributed by atoms with van der Waals surface area (Å²) in [7, 11) is -3.77. The molecule has 5 nitrogen and oxygen atoms in total. The fraction of sp³-hybridized carbons (Fsp3) is 0.381. The summed E-state index contributed by atoms with van der Waals surface area (Å²) < 4.78 is 41.9. The van der Waals surface area contributed by atoms with Gasteiger partial charge in [0, 0.05) is 24.5 Å². The Kier molecular flexibility index (Phi) is 6.93. The molecule has 1 fully saturated rings. The maximum atomic E-state index is 13.5. The summed E-state index contributed by atoms with van der Waals surface area (Å²) in [6, 6.07) is 11.6. The van der Waals surface area contributed by atoms with E-state index in [1.165, 1.54) is 31.2 Å². The lowest BCUT2D eigenvalue weighted by Gasteiger charge is -2.30. The SMILES string of the molecule is CC(=O)NCCCC1CCC(c2ccc(F)cc2)N1S(=O)(=O)c1ccc(Cl)cc1. The predicted octanol–water partition coefficient (Wildman–Crippen LogP) is 4.29. The van der Waals surface area contributed by atoms with E-state index in [0.29, 0.717) is 37.3 Å². The van der Waals surface area contributed by atoms with Gasteiger partial charge in [-0.25, -0.2) is 12.8 Å². The van der Waals surface area contributed by atoms with Gasteiger partial charge in [0.05, 0.1) is 10.9 Å². The van der Waals surface area contributed by atoms with Crippen molar-refractivity contribution < 1.29 is 17.6 Å². The first-order valence-electron chi connectivity index (χ1n) is 9.58. The van der Waals surface area contributed by atoms with Crippen LogP contribution in [0.4, 0.5) is 4.39 Å². The molecule has 0 bridgehead atoms. The summed E-state index contributed by atoms with van der Waals surface area (Å²) in [5.41, 5.74) is 0.772. The molecule has 2 aromatic carbocycles. The number of carbonyl (C=O) groups is 1. The number of hydrogen-bond donors (Lipinski definition) is 1. The lowest BCUT2D eigenvalue weighted by atomic mass is 10.0. The fourth-order valence-electron chi connectivity index (χ4n) is 3.82. The van der Waals surface area contributed by atoms with Crippen LogP contribution in [0.5, 0.6) is 0 Å². The second kappa shape index (κ2) is 9.24. The van der Waals surface area contributed by atoms with E-state index in [9.17, 15) is 17.6 Å². The summed E-state index contributed by atoms with van der Waals surface area (Å²) in [6.07, 6.45) is 2.66. The summed E-state index contributed by atoms with van der Waals surface area (Å²) in [5, 5.41) is 3.21. The molecule has 0 radical (unpaired) electrons. The maximum absolute atomic E-state index is 13.5. The highest BCUT2D eigenvalue weighted by atomic mass is 35.5. The summed E-state index contributed by atoms with van der Waals surface area (Å²) in [5.74, 6) is -0.461. The van der Waals surface area contributed by atoms with E-state index in [2.05, 4.69) is 5.32 Å². The number of amides is 1. The van der Waals surface area contributed by atoms with Gasteiger partial charge in [0.2, 0.25) is 15.9 Å². The summed E-state index contributed by atoms with van der Waals surface area (Å²) in [4.78, 5) is 11.3. The van der Waals surface area contributed by atoms with Gasteiger partial charge in [-0.3, -0.25) is 4.79 Å². The van der Waals surface area contributed by atoms with Crippen molar-refractivity contribution in [2.24, 2.45) is 0 Å². The lowest BCUT2D eigenvalue weighted by Crippen LogP contribution is -2.38. The van der Waals surface area contributed by atoms with Crippen molar-refractivity contribution in [3.63, 3.8) is 0 Å². The van der Waals surface area contributed by atoms with Crippen molar-refractivity contribution in [1.82, 2.24) is 9.62 Å². The van der Waals surface area contributed by atoms with Crippen LogP contribution < -0.4 is 5.32 Å². The zero-order valence-corrected chi connectivity index (χ0v) is 17.7. The minimum Gasteiger partial charge on any atom is -0.356 e. The van der Waals surface area contributed by atoms with Crippen molar-refractivity contribution >= 4 is 27.5 Å². The number of carbonyl (C=O) groups excluding carboxylic acids is 1. The molecule has 1 N–H and O–H groups in total. The second-order valence-corrected chi connectivity index (χ2v) is 9.49. The number of hydrogen-bond acceptors (Lipinski definition) is 3. The highest BCUT2D eigenvalue weighted by Gasteiger charge is 2.42. The molecule has 1 saturated heterocycles. The number of benzene rings is 2. The van der Waals surface area contributed by atoms with Crippen LogP contribution in [-0.2, 0) is 14.8 Å². The number of rotatable bonds is 7. The van der Waals surface area contributed by atoms with Crippen molar-refractivity contribution in [1.29, 1.82) is 0 Å². The topological polar surface area (TPSA) is 66.5 Å². The molecular formula is C21H24ClFN2O3S. The molecule has 1 aliphatic heterocycles. The molecule has 1 aliphatic rings. The molecule has 1 heterocycles. The van der Waals surface area contributed by atoms with Crippen LogP contribution in [-0.4, -0.2) is 31.2 Å². The van der Waals surface area contributed by atoms with Crippen LogP contribution >= 0.6 is 11.6 Å². The van der Waals surface area contributed by atoms with Gasteiger partial charge >= 0.3 is 0 Å². The highest BCUT2D eigenvalue weighted by Crippen LogP contribution is 2.42. The van der Waals surface area contributed by atoms with Crippen molar-refractivity contribution in [3.8, 4) is 0 Å². The van der Waals surface area contributed by atoms with E-state index < -0.39 is 10.0 Å². The normalized spacial score (nSPS) is 20.0. The van der Waals surface area contributed by atoms with Crippen LogP contribution in [0, 0.1) is 5.82 Å². The molecule has 8 heteroatoms. The molecule has 2 atom stereocenters. The molecule has 156 valence electrons. The third-order valence-electron chi connectivity index (χ3n) is 5.17. The Balaban J connectivity index is 1.89. The van der Waals surface area contributed by atoms with Gasteiger partial charge in [-0.05, 0) is 67.6 Å². The summed E-state index contributed by atoms with van der Waals surface area (Å²) >= 11 is 5.92. The van der Waals surface area contributed by atoms with E-state index in [4.69, 9.17) is 11.6 Å². The Hall–Kier alpha value is -1.96. The molecule has 29 heavy (non-hydrogen) atoms. The first-order chi connectivity index (χ1) is 13.8. The van der Waals surface area contributed by atoms with Crippen LogP contribution in [0.15, 0.2) is 53.4 Å². The Morgan fingerprint density at radius 2 is 1.79 bits per heavy atom. The summed E-state index contributed by atoms with van der Waals surface area (Å²) in [6.45, 7) is 1.96. The molecule has 0 saturated carbocycles. The smallest absolute Gasteiger partial charge is 0.243 e. The van der Waals surface area contributed by atoms with Crippen molar-refractivity contribution in [2.45, 2.75) is 49.6 Å². The minimum absolute atomic E-state index is 0.105. The molecule has 2 unspecified atom stereocenters. The standard InChI is InChI=1S/C21H24ClFN2O3S/c1-15(26)24-14-2-3-19-10-13-21(16-4-8-18(23)9-5-16)25(19)29(27,28)20-11-6-17(22)7-12-20/h4-9,11-12,19,21H,2-3,10,13-14H2,1H3,(H,24,26). The molecule has 0 aliphatic carbocycles. The van der Waals surface area contributed by atoms with Gasteiger partial charge in [-0.1, -0.05) is 23.7 Å². The molecule has 2 aromatic rings. The molecule has 1 amide bonds. The minimum atomic E-state index is -3.77. The molecular weight excluding hydrogens is 415 g/mol. The monoisotopic (exact) mass is 438 g/mol. The predicted molar refractivity (Wildman–Crippen MR) is 111 cm³/mol. The third kappa shape index (κ3) is 5.15. The second-order valence-electron chi connectivity index (χ2n) is 7.21. The average Bonchev–Trinajstić information content (AvgIpc) is 3.11. The highest BCUT2D eigenvalue weighted by molar-refractivity contribution is 7.89. The first-order valence-corrected chi connectivity index (χ1v) is 11.4. The van der Waals surface area contributed by atoms with Crippen molar-refractivity contribution in [3.05, 3.63) is 64.9 Å². The molecule has 0 aromatic heterocycles. The Labute approximate surface area is 175 Å². The Morgan fingerprint density at radius 3 is 2.41 bits per heavy atom. The quantitative estimate of drug-likeness (QED) is 0.656. The van der Waals surface area contributed by atoms with E-state index in [1.54, 1.807) is 28.6 Å². The van der Waals surface area contributed by atoms with Gasteiger partial charge in [0.25, 0.3) is 0 Å². The Bertz CT molecular complexity index is 949. The van der Waals surface area contributed by atoms with Gasteiger partial charge in [0.15, 0.2) is 0 Å². The fourth-order valence-corrected chi connectivity index (χ4v) is 5.84. The van der Waals surface area contributed by atoms with E-state index in [1.807, 2.05) is 0 Å². The first kappa shape index (κ1) is 21.7. The van der Waals surface area contributed by atoms with E-state index in [0.717, 1.165) is 5.56 Å². The van der Waals surface area contributed by atoms with Crippen LogP contribution in [0.25, 0.3) is 0 Å². The van der Waals surface area contributed by atoms with Crippen molar-refractivity contribution in [2.75, 3.05) is 6.54 Å². The van der Waals surface area contributed by atoms with Crippen LogP contribution in [0.3, 0.4) is 0 Å². The average molecular weight is 439 g/mol. The zero-order valence-electron chi connectivity index (χ0n) is 16.1. The van der Waals surface area contributed by atoms with E-state index in [-0.39, 0.29) is 28.7 Å². The number of sulfonamides is 1. The largest absolute Gasteiger partial charge is 0.356 e. The van der Waals surface area contributed by atoms with Gasteiger partial charge in [-0.15, -0.1) is 0 Å². The number of halogens is 2. The van der Waals surface area contributed by atoms with Gasteiger partial charge in [-0.2, -0.15) is 4.31 Å². The zero-order chi connectivity index (χ0) is 21.0. The molecule has 3 rings (SSSR count). The van der Waals surface area contributed by atoms with Gasteiger partial charge < -0.3 is 5.32 Å². The molecule has 0 spiro atoms. The van der Waals surface area contributed by atoms with Crippen LogP contribution in [0.2, 0.25) is 5.02 Å². The lowest BCUT2D eigenvalue weighted by molar-refractivity contribution is -0.118.